The van der Waals surface area contributed by atoms with Crippen LogP contribution in [0.1, 0.15) is 6.92 Å². The van der Waals surface area contributed by atoms with Gasteiger partial charge in [0, 0.05) is 5.39 Å². The van der Waals surface area contributed by atoms with Crippen LogP contribution in [0.15, 0.2) is 22.8 Å². The SMILES string of the molecule is CCOC(=O)NC(=O)COC(=O)CSc1ncnc2sccc12. The van der Waals surface area contributed by atoms with Gasteiger partial charge in [-0.3, -0.25) is 14.9 Å². The Kier molecular flexibility index (Phi) is 6.29. The van der Waals surface area contributed by atoms with Gasteiger partial charge < -0.3 is 9.47 Å². The minimum Gasteiger partial charge on any atom is -0.455 e. The minimum atomic E-state index is -0.872. The van der Waals surface area contributed by atoms with E-state index >= 15 is 0 Å². The lowest BCUT2D eigenvalue weighted by Crippen LogP contribution is -2.34. The van der Waals surface area contributed by atoms with Crippen molar-refractivity contribution in [1.29, 1.82) is 0 Å². The minimum absolute atomic E-state index is 0.00531. The number of fused-ring (bicyclic) bond motifs is 1. The fraction of sp³-hybridized carbons (Fsp3) is 0.308. The summed E-state index contributed by atoms with van der Waals surface area (Å²) >= 11 is 2.68. The molecule has 0 aromatic carbocycles. The van der Waals surface area contributed by atoms with Gasteiger partial charge in [-0.05, 0) is 18.4 Å². The number of ether oxygens (including phenoxy) is 2. The fourth-order valence-corrected chi connectivity index (χ4v) is 3.09. The molecule has 0 aliphatic rings. The van der Waals surface area contributed by atoms with Crippen molar-refractivity contribution in [3.63, 3.8) is 0 Å². The lowest BCUT2D eigenvalue weighted by atomic mass is 10.4. The third kappa shape index (κ3) is 5.18. The molecule has 122 valence electrons. The Hall–Kier alpha value is -2.20. The van der Waals surface area contributed by atoms with E-state index in [9.17, 15) is 14.4 Å². The number of amides is 2. The molecule has 23 heavy (non-hydrogen) atoms. The van der Waals surface area contributed by atoms with Gasteiger partial charge in [-0.1, -0.05) is 11.8 Å². The molecular formula is C13H13N3O5S2. The van der Waals surface area contributed by atoms with Crippen molar-refractivity contribution in [2.24, 2.45) is 0 Å². The maximum absolute atomic E-state index is 11.6. The Morgan fingerprint density at radius 3 is 2.91 bits per heavy atom. The Balaban J connectivity index is 1.76. The zero-order valence-corrected chi connectivity index (χ0v) is 13.7. The van der Waals surface area contributed by atoms with Gasteiger partial charge in [-0.2, -0.15) is 0 Å². The van der Waals surface area contributed by atoms with Crippen LogP contribution in [-0.4, -0.2) is 46.9 Å². The molecule has 2 aromatic rings. The van der Waals surface area contributed by atoms with E-state index in [4.69, 9.17) is 4.74 Å². The first kappa shape index (κ1) is 17.2. The van der Waals surface area contributed by atoms with E-state index in [-0.39, 0.29) is 12.4 Å². The van der Waals surface area contributed by atoms with Gasteiger partial charge in [-0.25, -0.2) is 14.8 Å². The maximum Gasteiger partial charge on any atom is 0.413 e. The van der Waals surface area contributed by atoms with Gasteiger partial charge >= 0.3 is 12.1 Å². The van der Waals surface area contributed by atoms with E-state index in [1.165, 1.54) is 29.4 Å². The number of aromatic nitrogens is 2. The summed E-state index contributed by atoms with van der Waals surface area (Å²) in [6.07, 6.45) is 0.558. The number of esters is 1. The van der Waals surface area contributed by atoms with Crippen LogP contribution in [0.2, 0.25) is 0 Å². The van der Waals surface area contributed by atoms with Crippen LogP contribution >= 0.6 is 23.1 Å². The third-order valence-electron chi connectivity index (χ3n) is 2.43. The number of alkyl carbamates (subject to hydrolysis) is 1. The van der Waals surface area contributed by atoms with E-state index in [1.807, 2.05) is 16.8 Å². The highest BCUT2D eigenvalue weighted by atomic mass is 32.2. The van der Waals surface area contributed by atoms with E-state index in [1.54, 1.807) is 6.92 Å². The van der Waals surface area contributed by atoms with Crippen molar-refractivity contribution in [3.05, 3.63) is 17.8 Å². The molecule has 2 amide bonds. The number of thioether (sulfide) groups is 1. The first-order chi connectivity index (χ1) is 11.1. The predicted molar refractivity (Wildman–Crippen MR) is 84.3 cm³/mol. The molecule has 0 fully saturated rings. The summed E-state index contributed by atoms with van der Waals surface area (Å²) in [5.41, 5.74) is 0. The van der Waals surface area contributed by atoms with Gasteiger partial charge in [0.1, 0.15) is 16.2 Å². The zero-order chi connectivity index (χ0) is 16.7. The van der Waals surface area contributed by atoms with E-state index in [0.717, 1.165) is 10.2 Å². The van der Waals surface area contributed by atoms with Gasteiger partial charge in [0.25, 0.3) is 5.91 Å². The smallest absolute Gasteiger partial charge is 0.413 e. The molecule has 0 aliphatic heterocycles. The second kappa shape index (κ2) is 8.44. The van der Waals surface area contributed by atoms with Crippen LogP contribution in [0.4, 0.5) is 4.79 Å². The van der Waals surface area contributed by atoms with Gasteiger partial charge in [0.2, 0.25) is 0 Å². The number of carbonyl (C=O) groups is 3. The Labute approximate surface area is 139 Å². The standard InChI is InChI=1S/C13H13N3O5S2/c1-2-20-13(19)16-9(17)5-21-10(18)6-23-12-8-3-4-22-11(8)14-7-15-12/h3-4,7H,2,5-6H2,1H3,(H,16,17,19). The second-order valence-electron chi connectivity index (χ2n) is 4.04. The highest BCUT2D eigenvalue weighted by Gasteiger charge is 2.13. The van der Waals surface area contributed by atoms with E-state index in [2.05, 4.69) is 14.7 Å². The number of thiophene rings is 1. The Morgan fingerprint density at radius 2 is 2.13 bits per heavy atom. The maximum atomic E-state index is 11.6. The molecule has 2 heterocycles. The number of rotatable bonds is 6. The summed E-state index contributed by atoms with van der Waals surface area (Å²) in [6.45, 7) is 1.21. The van der Waals surface area contributed by atoms with Crippen LogP contribution in [0.25, 0.3) is 10.2 Å². The van der Waals surface area contributed by atoms with Gasteiger partial charge in [0.15, 0.2) is 6.61 Å². The predicted octanol–water partition coefficient (Wildman–Crippen LogP) is 1.60. The van der Waals surface area contributed by atoms with Crippen LogP contribution in [0.5, 0.6) is 0 Å². The lowest BCUT2D eigenvalue weighted by molar-refractivity contribution is -0.145. The van der Waals surface area contributed by atoms with E-state index < -0.39 is 24.6 Å². The van der Waals surface area contributed by atoms with Crippen molar-refractivity contribution in [1.82, 2.24) is 15.3 Å². The average Bonchev–Trinajstić information content (AvgIpc) is 3.00. The summed E-state index contributed by atoms with van der Waals surface area (Å²) in [6, 6.07) is 1.88. The number of nitrogens with zero attached hydrogens (tertiary/aromatic N) is 2. The molecule has 2 rings (SSSR count). The molecule has 10 heteroatoms. The highest BCUT2D eigenvalue weighted by molar-refractivity contribution is 8.00. The summed E-state index contributed by atoms with van der Waals surface area (Å²) in [7, 11) is 0. The summed E-state index contributed by atoms with van der Waals surface area (Å²) in [5.74, 6) is -1.34. The first-order valence-corrected chi connectivity index (χ1v) is 8.40. The molecule has 0 radical (unpaired) electrons. The third-order valence-corrected chi connectivity index (χ3v) is 4.23. The van der Waals surface area contributed by atoms with Crippen LogP contribution in [0, 0.1) is 0 Å². The molecule has 2 aromatic heterocycles. The van der Waals surface area contributed by atoms with Gasteiger partial charge in [-0.15, -0.1) is 11.3 Å². The fourth-order valence-electron chi connectivity index (χ4n) is 1.51. The molecule has 0 saturated heterocycles. The summed E-state index contributed by atoms with van der Waals surface area (Å²) in [4.78, 5) is 43.0. The number of imide groups is 1. The van der Waals surface area contributed by atoms with Crippen molar-refractivity contribution in [2.75, 3.05) is 19.0 Å². The number of carbonyl (C=O) groups excluding carboxylic acids is 3. The summed E-state index contributed by atoms with van der Waals surface area (Å²) in [5, 5.41) is 5.36. The zero-order valence-electron chi connectivity index (χ0n) is 12.1. The van der Waals surface area contributed by atoms with Crippen molar-refractivity contribution >= 4 is 51.3 Å². The Bertz CT molecular complexity index is 718. The molecule has 0 atom stereocenters. The van der Waals surface area contributed by atoms with Crippen LogP contribution < -0.4 is 5.32 Å². The lowest BCUT2D eigenvalue weighted by Gasteiger charge is -2.05. The largest absolute Gasteiger partial charge is 0.455 e. The van der Waals surface area contributed by atoms with Crippen molar-refractivity contribution in [3.8, 4) is 0 Å². The molecule has 0 unspecified atom stereocenters. The van der Waals surface area contributed by atoms with Crippen LogP contribution in [0.3, 0.4) is 0 Å². The highest BCUT2D eigenvalue weighted by Crippen LogP contribution is 2.27. The normalized spacial score (nSPS) is 10.3. The van der Waals surface area contributed by atoms with Crippen molar-refractivity contribution < 1.29 is 23.9 Å². The molecule has 0 bridgehead atoms. The molecule has 8 nitrogen and oxygen atoms in total. The molecule has 1 N–H and O–H groups in total. The quantitative estimate of drug-likeness (QED) is 0.473. The molecular weight excluding hydrogens is 342 g/mol. The second-order valence-corrected chi connectivity index (χ2v) is 5.89. The Morgan fingerprint density at radius 1 is 1.30 bits per heavy atom. The molecule has 0 spiro atoms. The first-order valence-electron chi connectivity index (χ1n) is 6.53. The van der Waals surface area contributed by atoms with E-state index in [0.29, 0.717) is 5.03 Å². The van der Waals surface area contributed by atoms with Crippen molar-refractivity contribution in [2.45, 2.75) is 11.9 Å². The monoisotopic (exact) mass is 355 g/mol. The number of hydrogen-bond donors (Lipinski definition) is 1. The van der Waals surface area contributed by atoms with Gasteiger partial charge in [0.05, 0.1) is 12.4 Å². The number of hydrogen-bond acceptors (Lipinski definition) is 9. The molecule has 0 aliphatic carbocycles. The summed E-state index contributed by atoms with van der Waals surface area (Å²) < 4.78 is 9.31. The average molecular weight is 355 g/mol. The van der Waals surface area contributed by atoms with Crippen LogP contribution in [-0.2, 0) is 19.1 Å². The topological polar surface area (TPSA) is 107 Å². The number of nitrogens with one attached hydrogen (secondary N) is 1. The molecule has 0 saturated carbocycles.